The van der Waals surface area contributed by atoms with Crippen LogP contribution < -0.4 is 4.74 Å². The zero-order valence-corrected chi connectivity index (χ0v) is 16.7. The average Bonchev–Trinajstić information content (AvgIpc) is 3.35. The van der Waals surface area contributed by atoms with Gasteiger partial charge in [-0.25, -0.2) is 4.98 Å². The molecule has 0 radical (unpaired) electrons. The maximum absolute atomic E-state index is 5.61. The highest BCUT2D eigenvalue weighted by atomic mass is 32.2. The smallest absolute Gasteiger partial charge is 0.229 e. The van der Waals surface area contributed by atoms with E-state index < -0.39 is 0 Å². The molecule has 7 heteroatoms. The van der Waals surface area contributed by atoms with E-state index in [-0.39, 0.29) is 5.25 Å². The topological polar surface area (TPSA) is 66.0 Å². The Morgan fingerprint density at radius 2 is 1.79 bits per heavy atom. The van der Waals surface area contributed by atoms with Gasteiger partial charge < -0.3 is 9.15 Å². The molecule has 142 valence electrons. The van der Waals surface area contributed by atoms with Crippen molar-refractivity contribution in [2.45, 2.75) is 24.3 Å². The Kier molecular flexibility index (Phi) is 5.16. The van der Waals surface area contributed by atoms with Crippen LogP contribution in [0.4, 0.5) is 0 Å². The molecule has 6 nitrogen and oxygen atoms in total. The van der Waals surface area contributed by atoms with Crippen LogP contribution in [-0.4, -0.2) is 26.9 Å². The zero-order chi connectivity index (χ0) is 19.5. The molecule has 28 heavy (non-hydrogen) atoms. The molecule has 1 unspecified atom stereocenters. The maximum Gasteiger partial charge on any atom is 0.229 e. The number of nitrogens with zero attached hydrogens (tertiary/aromatic N) is 4. The van der Waals surface area contributed by atoms with Crippen LogP contribution in [0.25, 0.3) is 16.9 Å². The van der Waals surface area contributed by atoms with Crippen LogP contribution in [0.5, 0.6) is 5.75 Å². The molecule has 2 aromatic heterocycles. The fraction of sp³-hybridized carbons (Fsp3) is 0.190. The molecule has 0 bridgehead atoms. The third kappa shape index (κ3) is 3.53. The molecule has 0 N–H and O–H groups in total. The van der Waals surface area contributed by atoms with Crippen molar-refractivity contribution in [3.05, 3.63) is 72.6 Å². The molecule has 0 amide bonds. The number of aromatic nitrogens is 4. The first-order chi connectivity index (χ1) is 13.7. The predicted molar refractivity (Wildman–Crippen MR) is 109 cm³/mol. The Morgan fingerprint density at radius 3 is 2.50 bits per heavy atom. The summed E-state index contributed by atoms with van der Waals surface area (Å²) in [5, 5.41) is 8.86. The lowest BCUT2D eigenvalue weighted by atomic mass is 10.1. The van der Waals surface area contributed by atoms with Gasteiger partial charge in [0.15, 0.2) is 5.16 Å². The van der Waals surface area contributed by atoms with Crippen LogP contribution in [0.3, 0.4) is 0 Å². The molecule has 0 aliphatic heterocycles. The van der Waals surface area contributed by atoms with Gasteiger partial charge in [-0.05, 0) is 19.1 Å². The second-order valence-electron chi connectivity index (χ2n) is 6.22. The number of imidazole rings is 1. The number of hydrogen-bond acceptors (Lipinski definition) is 6. The Morgan fingerprint density at radius 1 is 1.04 bits per heavy atom. The largest absolute Gasteiger partial charge is 0.495 e. The molecule has 2 heterocycles. The van der Waals surface area contributed by atoms with Crippen molar-refractivity contribution in [1.82, 2.24) is 19.7 Å². The Labute approximate surface area is 167 Å². The SMILES string of the molecule is COc1ccccc1-n1c(-c2ccccc2)cnc1SC(C)c1nnc(C)o1. The quantitative estimate of drug-likeness (QED) is 0.426. The van der Waals surface area contributed by atoms with Gasteiger partial charge in [-0.1, -0.05) is 54.2 Å². The first-order valence-electron chi connectivity index (χ1n) is 8.90. The molecule has 2 aromatic carbocycles. The number of methoxy groups -OCH3 is 1. The van der Waals surface area contributed by atoms with E-state index in [1.165, 1.54) is 0 Å². The van der Waals surface area contributed by atoms with Gasteiger partial charge in [-0.2, -0.15) is 0 Å². The summed E-state index contributed by atoms with van der Waals surface area (Å²) in [5.74, 6) is 1.92. The van der Waals surface area contributed by atoms with E-state index in [2.05, 4.69) is 26.9 Å². The number of para-hydroxylation sites is 2. The summed E-state index contributed by atoms with van der Waals surface area (Å²) in [6.45, 7) is 3.82. The monoisotopic (exact) mass is 392 g/mol. The van der Waals surface area contributed by atoms with E-state index >= 15 is 0 Å². The summed E-state index contributed by atoms with van der Waals surface area (Å²) < 4.78 is 13.3. The Hall–Kier alpha value is -3.06. The number of benzene rings is 2. The van der Waals surface area contributed by atoms with Gasteiger partial charge in [0.2, 0.25) is 11.8 Å². The number of aryl methyl sites for hydroxylation is 1. The summed E-state index contributed by atoms with van der Waals surface area (Å²) in [7, 11) is 1.68. The Balaban J connectivity index is 1.82. The van der Waals surface area contributed by atoms with Gasteiger partial charge in [-0.3, -0.25) is 4.57 Å². The number of thioether (sulfide) groups is 1. The van der Waals surface area contributed by atoms with Crippen molar-refractivity contribution >= 4 is 11.8 Å². The average molecular weight is 392 g/mol. The summed E-state index contributed by atoms with van der Waals surface area (Å²) in [4.78, 5) is 4.70. The molecule has 0 aliphatic rings. The number of rotatable bonds is 6. The van der Waals surface area contributed by atoms with E-state index in [1.54, 1.807) is 25.8 Å². The molecule has 4 rings (SSSR count). The number of hydrogen-bond donors (Lipinski definition) is 0. The van der Waals surface area contributed by atoms with Gasteiger partial charge >= 0.3 is 0 Å². The van der Waals surface area contributed by atoms with Gasteiger partial charge in [0.1, 0.15) is 5.75 Å². The van der Waals surface area contributed by atoms with Gasteiger partial charge in [0.25, 0.3) is 0 Å². The molecule has 0 fully saturated rings. The lowest BCUT2D eigenvalue weighted by Crippen LogP contribution is -2.03. The van der Waals surface area contributed by atoms with Crippen molar-refractivity contribution in [2.24, 2.45) is 0 Å². The van der Waals surface area contributed by atoms with Crippen LogP contribution in [0.1, 0.15) is 24.0 Å². The summed E-state index contributed by atoms with van der Waals surface area (Å²) in [6.07, 6.45) is 1.88. The number of ether oxygens (including phenoxy) is 1. The van der Waals surface area contributed by atoms with Crippen molar-refractivity contribution < 1.29 is 9.15 Å². The highest BCUT2D eigenvalue weighted by Gasteiger charge is 2.21. The molecular formula is C21H20N4O2S. The van der Waals surface area contributed by atoms with Crippen LogP contribution in [-0.2, 0) is 0 Å². The van der Waals surface area contributed by atoms with E-state index in [9.17, 15) is 0 Å². The van der Waals surface area contributed by atoms with Gasteiger partial charge in [0.05, 0.1) is 29.9 Å². The normalized spacial score (nSPS) is 12.1. The highest BCUT2D eigenvalue weighted by molar-refractivity contribution is 7.99. The molecule has 0 saturated carbocycles. The minimum atomic E-state index is -0.0410. The van der Waals surface area contributed by atoms with Crippen LogP contribution >= 0.6 is 11.8 Å². The van der Waals surface area contributed by atoms with Crippen molar-refractivity contribution in [3.63, 3.8) is 0 Å². The van der Waals surface area contributed by atoms with E-state index in [0.29, 0.717) is 11.8 Å². The van der Waals surface area contributed by atoms with E-state index in [1.807, 2.05) is 55.6 Å². The van der Waals surface area contributed by atoms with Crippen molar-refractivity contribution in [2.75, 3.05) is 7.11 Å². The van der Waals surface area contributed by atoms with Crippen LogP contribution in [0.2, 0.25) is 0 Å². The standard InChI is InChI=1S/C21H20N4O2S/c1-14(20-24-23-15(2)27-20)28-21-22-13-18(16-9-5-4-6-10-16)25(21)17-11-7-8-12-19(17)26-3/h4-14H,1-3H3. The maximum atomic E-state index is 5.61. The molecule has 0 aliphatic carbocycles. The second kappa shape index (κ2) is 7.90. The molecule has 0 spiro atoms. The fourth-order valence-electron chi connectivity index (χ4n) is 2.96. The minimum absolute atomic E-state index is 0.0410. The summed E-state index contributed by atoms with van der Waals surface area (Å²) in [6, 6.07) is 18.1. The zero-order valence-electron chi connectivity index (χ0n) is 15.9. The minimum Gasteiger partial charge on any atom is -0.495 e. The summed E-state index contributed by atoms with van der Waals surface area (Å²) >= 11 is 1.57. The third-order valence-corrected chi connectivity index (χ3v) is 5.35. The molecule has 4 aromatic rings. The first kappa shape index (κ1) is 18.3. The predicted octanol–water partition coefficient (Wildman–Crippen LogP) is 5.09. The first-order valence-corrected chi connectivity index (χ1v) is 9.78. The fourth-order valence-corrected chi connectivity index (χ4v) is 3.89. The molecular weight excluding hydrogens is 372 g/mol. The molecule has 0 saturated heterocycles. The highest BCUT2D eigenvalue weighted by Crippen LogP contribution is 2.39. The van der Waals surface area contributed by atoms with Crippen molar-refractivity contribution in [1.29, 1.82) is 0 Å². The third-order valence-electron chi connectivity index (χ3n) is 4.30. The Bertz CT molecular complexity index is 1070. The second-order valence-corrected chi connectivity index (χ2v) is 7.53. The van der Waals surface area contributed by atoms with Crippen LogP contribution in [0.15, 0.2) is 70.4 Å². The summed E-state index contributed by atoms with van der Waals surface area (Å²) in [5.41, 5.74) is 2.99. The van der Waals surface area contributed by atoms with Gasteiger partial charge in [-0.15, -0.1) is 10.2 Å². The van der Waals surface area contributed by atoms with Crippen LogP contribution in [0, 0.1) is 6.92 Å². The van der Waals surface area contributed by atoms with Crippen molar-refractivity contribution in [3.8, 4) is 22.7 Å². The molecule has 1 atom stereocenters. The van der Waals surface area contributed by atoms with E-state index in [0.717, 1.165) is 27.9 Å². The van der Waals surface area contributed by atoms with E-state index in [4.69, 9.17) is 14.1 Å². The van der Waals surface area contributed by atoms with Gasteiger partial charge in [0, 0.05) is 12.5 Å². The lowest BCUT2D eigenvalue weighted by Gasteiger charge is -2.16. The lowest BCUT2D eigenvalue weighted by molar-refractivity contribution is 0.412.